The van der Waals surface area contributed by atoms with Crippen molar-refractivity contribution >= 4 is 34.0 Å². The molecule has 0 amide bonds. The molecule has 0 unspecified atom stereocenters. The molecular weight excluding hydrogens is 336 g/mol. The molecule has 0 saturated heterocycles. The van der Waals surface area contributed by atoms with Gasteiger partial charge in [0.05, 0.1) is 0 Å². The SMILES string of the molecule is Br.Br.CCCC[O][Ti][O]CCCC. The van der Waals surface area contributed by atoms with Gasteiger partial charge >= 0.3 is 79.3 Å². The molecule has 0 spiro atoms. The first kappa shape index (κ1) is 20.1. The quantitative estimate of drug-likeness (QED) is 0.488. The average molecular weight is 356 g/mol. The minimum atomic E-state index is -0.519. The van der Waals surface area contributed by atoms with E-state index in [0.717, 1.165) is 13.2 Å². The van der Waals surface area contributed by atoms with Gasteiger partial charge in [0, 0.05) is 0 Å². The number of unbranched alkanes of at least 4 members (excludes halogenated alkanes) is 2. The molecule has 0 atom stereocenters. The standard InChI is InChI=1S/2C4H9O.2BrH.Ti/c2*1-2-3-4-5;;;/h2*2-4H2,1H3;2*1H;/q2*-1;;;+2. The third-order valence-electron chi connectivity index (χ3n) is 1.32. The predicted octanol–water partition coefficient (Wildman–Crippen LogP) is 3.69. The summed E-state index contributed by atoms with van der Waals surface area (Å²) in [6, 6.07) is 0. The molecule has 2 nitrogen and oxygen atoms in total. The molecule has 0 aliphatic rings. The van der Waals surface area contributed by atoms with Gasteiger partial charge in [-0.1, -0.05) is 0 Å². The Hall–Kier alpha value is 1.59. The van der Waals surface area contributed by atoms with E-state index in [1.54, 1.807) is 0 Å². The molecule has 0 aliphatic heterocycles. The van der Waals surface area contributed by atoms with Crippen LogP contribution in [-0.2, 0) is 26.6 Å². The molecule has 0 heterocycles. The maximum absolute atomic E-state index is 5.32. The zero-order valence-electron chi connectivity index (χ0n) is 8.38. The summed E-state index contributed by atoms with van der Waals surface area (Å²) in [5, 5.41) is 0. The molecule has 0 aromatic carbocycles. The van der Waals surface area contributed by atoms with Gasteiger partial charge in [-0.05, 0) is 0 Å². The van der Waals surface area contributed by atoms with Gasteiger partial charge in [0.15, 0.2) is 0 Å². The fourth-order valence-corrected chi connectivity index (χ4v) is 1.40. The molecule has 0 aliphatic carbocycles. The normalized spacial score (nSPS) is 8.46. The van der Waals surface area contributed by atoms with Crippen molar-refractivity contribution in [2.24, 2.45) is 0 Å². The van der Waals surface area contributed by atoms with Crippen LogP contribution in [0.1, 0.15) is 39.5 Å². The van der Waals surface area contributed by atoms with Gasteiger partial charge in [0.2, 0.25) is 0 Å². The summed E-state index contributed by atoms with van der Waals surface area (Å²) in [4.78, 5) is 0. The van der Waals surface area contributed by atoms with Gasteiger partial charge in [0.1, 0.15) is 0 Å². The molecule has 82 valence electrons. The number of hydrogen-bond acceptors (Lipinski definition) is 2. The Bertz CT molecular complexity index is 69.2. The summed E-state index contributed by atoms with van der Waals surface area (Å²) < 4.78 is 10.6. The van der Waals surface area contributed by atoms with Gasteiger partial charge in [-0.25, -0.2) is 0 Å². The summed E-state index contributed by atoms with van der Waals surface area (Å²) in [6.45, 7) is 6.12. The molecule has 0 aromatic rings. The minimum absolute atomic E-state index is 0. The monoisotopic (exact) mass is 354 g/mol. The molecule has 0 aromatic heterocycles. The van der Waals surface area contributed by atoms with Gasteiger partial charge in [-0.3, -0.25) is 0 Å². The van der Waals surface area contributed by atoms with Gasteiger partial charge < -0.3 is 0 Å². The number of rotatable bonds is 8. The predicted molar refractivity (Wildman–Crippen MR) is 62.4 cm³/mol. The van der Waals surface area contributed by atoms with E-state index in [2.05, 4.69) is 13.8 Å². The first-order valence-electron chi connectivity index (χ1n) is 4.40. The Morgan fingerprint density at radius 2 is 1.23 bits per heavy atom. The molecule has 0 saturated carbocycles. The second kappa shape index (κ2) is 19.2. The fourth-order valence-electron chi connectivity index (χ4n) is 0.558. The van der Waals surface area contributed by atoms with Crippen LogP contribution in [-0.4, -0.2) is 13.2 Å². The van der Waals surface area contributed by atoms with E-state index < -0.39 is 19.9 Å². The summed E-state index contributed by atoms with van der Waals surface area (Å²) in [6.07, 6.45) is 4.75. The van der Waals surface area contributed by atoms with Crippen LogP contribution in [0.3, 0.4) is 0 Å². The molecule has 0 fully saturated rings. The van der Waals surface area contributed by atoms with Crippen LogP contribution in [0.5, 0.6) is 0 Å². The Balaban J connectivity index is -0.000000500. The van der Waals surface area contributed by atoms with E-state index >= 15 is 0 Å². The van der Waals surface area contributed by atoms with Crippen molar-refractivity contribution < 1.29 is 26.6 Å². The maximum atomic E-state index is 5.32. The fraction of sp³-hybridized carbons (Fsp3) is 1.00. The molecule has 0 N–H and O–H groups in total. The second-order valence-electron chi connectivity index (χ2n) is 2.49. The average Bonchev–Trinajstić information content (AvgIpc) is 2.03. The van der Waals surface area contributed by atoms with E-state index in [1.807, 2.05) is 0 Å². The van der Waals surface area contributed by atoms with Crippen molar-refractivity contribution in [2.45, 2.75) is 39.5 Å². The zero-order valence-corrected chi connectivity index (χ0v) is 13.4. The van der Waals surface area contributed by atoms with Crippen molar-refractivity contribution in [2.75, 3.05) is 13.2 Å². The zero-order chi connectivity index (χ0) is 8.36. The van der Waals surface area contributed by atoms with Crippen molar-refractivity contribution in [3.8, 4) is 0 Å². The molecule has 5 heteroatoms. The summed E-state index contributed by atoms with van der Waals surface area (Å²) >= 11 is -0.519. The molecule has 0 rings (SSSR count). The van der Waals surface area contributed by atoms with Gasteiger partial charge in [-0.15, -0.1) is 34.0 Å². The Kier molecular flexibility index (Phi) is 29.6. The molecular formula is C8H20Br2O2Ti. The van der Waals surface area contributed by atoms with Crippen LogP contribution < -0.4 is 0 Å². The van der Waals surface area contributed by atoms with Crippen molar-refractivity contribution in [1.29, 1.82) is 0 Å². The van der Waals surface area contributed by atoms with Crippen molar-refractivity contribution in [3.05, 3.63) is 0 Å². The first-order chi connectivity index (χ1) is 5.41. The van der Waals surface area contributed by atoms with Crippen molar-refractivity contribution in [3.63, 3.8) is 0 Å². The van der Waals surface area contributed by atoms with Crippen LogP contribution >= 0.6 is 34.0 Å². The van der Waals surface area contributed by atoms with E-state index in [1.165, 1.54) is 25.7 Å². The third kappa shape index (κ3) is 19.9. The topological polar surface area (TPSA) is 18.5 Å². The molecule has 0 bridgehead atoms. The molecule has 0 radical (unpaired) electrons. The van der Waals surface area contributed by atoms with Crippen LogP contribution in [0.4, 0.5) is 0 Å². The van der Waals surface area contributed by atoms with Crippen LogP contribution in [0.15, 0.2) is 0 Å². The Morgan fingerprint density at radius 1 is 0.846 bits per heavy atom. The van der Waals surface area contributed by atoms with Gasteiger partial charge in [0.25, 0.3) is 0 Å². The molecule has 13 heavy (non-hydrogen) atoms. The van der Waals surface area contributed by atoms with E-state index in [-0.39, 0.29) is 34.0 Å². The third-order valence-corrected chi connectivity index (χ3v) is 2.32. The second-order valence-corrected chi connectivity index (χ2v) is 3.65. The summed E-state index contributed by atoms with van der Waals surface area (Å²) in [5.74, 6) is 0. The number of hydrogen-bond donors (Lipinski definition) is 0. The van der Waals surface area contributed by atoms with Gasteiger partial charge in [-0.2, -0.15) is 0 Å². The van der Waals surface area contributed by atoms with Crippen LogP contribution in [0, 0.1) is 0 Å². The van der Waals surface area contributed by atoms with E-state index in [4.69, 9.17) is 6.64 Å². The Morgan fingerprint density at radius 3 is 1.54 bits per heavy atom. The van der Waals surface area contributed by atoms with Crippen molar-refractivity contribution in [1.82, 2.24) is 0 Å². The van der Waals surface area contributed by atoms with E-state index in [0.29, 0.717) is 0 Å². The summed E-state index contributed by atoms with van der Waals surface area (Å²) in [7, 11) is 0. The summed E-state index contributed by atoms with van der Waals surface area (Å²) in [5.41, 5.74) is 0. The first-order valence-corrected chi connectivity index (χ1v) is 5.67. The van der Waals surface area contributed by atoms with Crippen LogP contribution in [0.25, 0.3) is 0 Å². The van der Waals surface area contributed by atoms with E-state index in [9.17, 15) is 0 Å². The van der Waals surface area contributed by atoms with Crippen LogP contribution in [0.2, 0.25) is 0 Å². The Labute approximate surface area is 113 Å². The number of halogens is 2.